The topological polar surface area (TPSA) is 23.5 Å². The van der Waals surface area contributed by atoms with Crippen LogP contribution >= 0.6 is 0 Å². The molecule has 0 bridgehead atoms. The van der Waals surface area contributed by atoms with Crippen molar-refractivity contribution in [1.29, 1.82) is 0 Å². The molecule has 0 unspecified atom stereocenters. The molecular formula is C16H21NO. The fraction of sp³-hybridized carbons (Fsp3) is 0.375. The summed E-state index contributed by atoms with van der Waals surface area (Å²) in [6, 6.07) is 8.22. The summed E-state index contributed by atoms with van der Waals surface area (Å²) in [6.45, 7) is 14.3. The quantitative estimate of drug-likeness (QED) is 0.879. The molecule has 0 atom stereocenters. The highest BCUT2D eigenvalue weighted by Gasteiger charge is 2.36. The molecule has 1 saturated heterocycles. The Kier molecular flexibility index (Phi) is 3.42. The van der Waals surface area contributed by atoms with Crippen LogP contribution in [0.4, 0.5) is 0 Å². The molecule has 0 saturated carbocycles. The summed E-state index contributed by atoms with van der Waals surface area (Å²) in [7, 11) is 0. The predicted octanol–water partition coefficient (Wildman–Crippen LogP) is 2.80. The molecule has 1 aromatic rings. The van der Waals surface area contributed by atoms with Crippen LogP contribution in [0.25, 0.3) is 11.1 Å². The van der Waals surface area contributed by atoms with Crippen LogP contribution in [0.5, 0.6) is 0 Å². The van der Waals surface area contributed by atoms with Gasteiger partial charge < -0.3 is 5.11 Å². The Morgan fingerprint density at radius 2 is 1.83 bits per heavy atom. The van der Waals surface area contributed by atoms with Gasteiger partial charge >= 0.3 is 0 Å². The van der Waals surface area contributed by atoms with Crippen LogP contribution in [0.3, 0.4) is 0 Å². The van der Waals surface area contributed by atoms with Gasteiger partial charge in [-0.3, -0.25) is 4.90 Å². The zero-order valence-electron chi connectivity index (χ0n) is 11.2. The average Bonchev–Trinajstić information content (AvgIpc) is 2.26. The summed E-state index contributed by atoms with van der Waals surface area (Å²) in [5.74, 6) is 0. The van der Waals surface area contributed by atoms with Gasteiger partial charge in [0, 0.05) is 19.6 Å². The van der Waals surface area contributed by atoms with Gasteiger partial charge in [0.15, 0.2) is 0 Å². The molecule has 2 heteroatoms. The molecule has 96 valence electrons. The SMILES string of the molecule is C=C(C)c1ccccc1C(=C)CN1CC(C)(O)C1. The van der Waals surface area contributed by atoms with Gasteiger partial charge in [-0.25, -0.2) is 0 Å². The summed E-state index contributed by atoms with van der Waals surface area (Å²) in [5.41, 5.74) is 3.95. The van der Waals surface area contributed by atoms with Crippen LogP contribution in [0.15, 0.2) is 37.4 Å². The Morgan fingerprint density at radius 1 is 1.28 bits per heavy atom. The minimum atomic E-state index is -0.520. The molecule has 0 spiro atoms. The summed E-state index contributed by atoms with van der Waals surface area (Å²) < 4.78 is 0. The molecule has 0 aromatic heterocycles. The average molecular weight is 243 g/mol. The highest BCUT2D eigenvalue weighted by molar-refractivity contribution is 5.78. The van der Waals surface area contributed by atoms with Crippen LogP contribution in [-0.4, -0.2) is 35.2 Å². The van der Waals surface area contributed by atoms with E-state index in [2.05, 4.69) is 30.2 Å². The van der Waals surface area contributed by atoms with Gasteiger partial charge in [0.2, 0.25) is 0 Å². The normalized spacial score (nSPS) is 18.2. The zero-order chi connectivity index (χ0) is 13.3. The number of likely N-dealkylation sites (tertiary alicyclic amines) is 1. The molecule has 1 N–H and O–H groups in total. The number of allylic oxidation sites excluding steroid dienone is 1. The summed E-state index contributed by atoms with van der Waals surface area (Å²) in [5, 5.41) is 9.72. The second kappa shape index (κ2) is 4.71. The Hall–Kier alpha value is -1.38. The first-order valence-corrected chi connectivity index (χ1v) is 6.27. The van der Waals surface area contributed by atoms with Gasteiger partial charge in [-0.1, -0.05) is 43.0 Å². The van der Waals surface area contributed by atoms with E-state index in [1.54, 1.807) is 0 Å². The lowest BCUT2D eigenvalue weighted by Gasteiger charge is -2.44. The van der Waals surface area contributed by atoms with E-state index < -0.39 is 5.60 Å². The van der Waals surface area contributed by atoms with Crippen LogP contribution < -0.4 is 0 Å². The number of aliphatic hydroxyl groups is 1. The van der Waals surface area contributed by atoms with Gasteiger partial charge in [-0.05, 0) is 30.5 Å². The maximum absolute atomic E-state index is 9.72. The third-order valence-electron chi connectivity index (χ3n) is 3.31. The van der Waals surface area contributed by atoms with Crippen molar-refractivity contribution < 1.29 is 5.11 Å². The number of nitrogens with zero attached hydrogens (tertiary/aromatic N) is 1. The van der Waals surface area contributed by atoms with Crippen molar-refractivity contribution >= 4 is 11.1 Å². The van der Waals surface area contributed by atoms with E-state index in [-0.39, 0.29) is 0 Å². The molecular weight excluding hydrogens is 222 g/mol. The Balaban J connectivity index is 2.08. The van der Waals surface area contributed by atoms with Gasteiger partial charge in [0.05, 0.1) is 5.60 Å². The molecule has 18 heavy (non-hydrogen) atoms. The van der Waals surface area contributed by atoms with E-state index >= 15 is 0 Å². The Labute approximate surface area is 109 Å². The zero-order valence-corrected chi connectivity index (χ0v) is 11.2. The van der Waals surface area contributed by atoms with Crippen LogP contribution in [-0.2, 0) is 0 Å². The molecule has 1 heterocycles. The van der Waals surface area contributed by atoms with E-state index in [9.17, 15) is 5.11 Å². The smallest absolute Gasteiger partial charge is 0.0872 e. The maximum Gasteiger partial charge on any atom is 0.0872 e. The van der Waals surface area contributed by atoms with E-state index in [0.29, 0.717) is 0 Å². The predicted molar refractivity (Wildman–Crippen MR) is 77.2 cm³/mol. The van der Waals surface area contributed by atoms with Gasteiger partial charge in [-0.2, -0.15) is 0 Å². The van der Waals surface area contributed by atoms with Crippen molar-refractivity contribution in [2.24, 2.45) is 0 Å². The molecule has 1 aromatic carbocycles. The van der Waals surface area contributed by atoms with Gasteiger partial charge in [0.1, 0.15) is 0 Å². The monoisotopic (exact) mass is 243 g/mol. The van der Waals surface area contributed by atoms with E-state index in [1.165, 1.54) is 0 Å². The number of β-amino-alcohol motifs (C(OH)–C–C–N with tert-alkyl or cyclic N) is 1. The van der Waals surface area contributed by atoms with Crippen LogP contribution in [0, 0.1) is 0 Å². The first-order chi connectivity index (χ1) is 8.39. The van der Waals surface area contributed by atoms with Crippen molar-refractivity contribution in [3.8, 4) is 0 Å². The number of hydrogen-bond acceptors (Lipinski definition) is 2. The third kappa shape index (κ3) is 2.71. The fourth-order valence-corrected chi connectivity index (χ4v) is 2.55. The lowest BCUT2D eigenvalue weighted by Crippen LogP contribution is -2.59. The third-order valence-corrected chi connectivity index (χ3v) is 3.31. The van der Waals surface area contributed by atoms with Crippen molar-refractivity contribution in [3.05, 3.63) is 48.6 Å². The minimum absolute atomic E-state index is 0.520. The first-order valence-electron chi connectivity index (χ1n) is 6.27. The van der Waals surface area contributed by atoms with Crippen LogP contribution in [0.2, 0.25) is 0 Å². The van der Waals surface area contributed by atoms with Crippen molar-refractivity contribution in [2.75, 3.05) is 19.6 Å². The van der Waals surface area contributed by atoms with Crippen LogP contribution in [0.1, 0.15) is 25.0 Å². The lowest BCUT2D eigenvalue weighted by atomic mass is 9.93. The van der Waals surface area contributed by atoms with E-state index in [0.717, 1.165) is 41.9 Å². The molecule has 1 fully saturated rings. The van der Waals surface area contributed by atoms with E-state index in [4.69, 9.17) is 0 Å². The number of hydrogen-bond donors (Lipinski definition) is 1. The van der Waals surface area contributed by atoms with Crippen molar-refractivity contribution in [3.63, 3.8) is 0 Å². The second-order valence-corrected chi connectivity index (χ2v) is 5.57. The van der Waals surface area contributed by atoms with Crippen molar-refractivity contribution in [2.45, 2.75) is 19.4 Å². The lowest BCUT2D eigenvalue weighted by molar-refractivity contribution is -0.0767. The summed E-state index contributed by atoms with van der Waals surface area (Å²) >= 11 is 0. The molecule has 0 amide bonds. The molecule has 2 nitrogen and oxygen atoms in total. The van der Waals surface area contributed by atoms with Crippen molar-refractivity contribution in [1.82, 2.24) is 4.90 Å². The standard InChI is InChI=1S/C16H21NO/c1-12(2)14-7-5-6-8-15(14)13(3)9-17-10-16(4,18)11-17/h5-8,18H,1,3,9-11H2,2,4H3. The fourth-order valence-electron chi connectivity index (χ4n) is 2.55. The largest absolute Gasteiger partial charge is 0.388 e. The second-order valence-electron chi connectivity index (χ2n) is 5.57. The number of rotatable bonds is 4. The van der Waals surface area contributed by atoms with Gasteiger partial charge in [-0.15, -0.1) is 0 Å². The molecule has 2 rings (SSSR count). The summed E-state index contributed by atoms with van der Waals surface area (Å²) in [4.78, 5) is 2.21. The minimum Gasteiger partial charge on any atom is -0.388 e. The Morgan fingerprint density at radius 3 is 2.33 bits per heavy atom. The maximum atomic E-state index is 9.72. The molecule has 0 aliphatic carbocycles. The molecule has 1 aliphatic rings. The first kappa shape index (κ1) is 13.1. The highest BCUT2D eigenvalue weighted by Crippen LogP contribution is 2.27. The molecule has 1 aliphatic heterocycles. The Bertz CT molecular complexity index is 480. The number of benzene rings is 1. The molecule has 0 radical (unpaired) electrons. The summed E-state index contributed by atoms with van der Waals surface area (Å²) in [6.07, 6.45) is 0. The van der Waals surface area contributed by atoms with Gasteiger partial charge in [0.25, 0.3) is 0 Å². The van der Waals surface area contributed by atoms with E-state index in [1.807, 2.05) is 26.0 Å². The highest BCUT2D eigenvalue weighted by atomic mass is 16.3.